The molecule has 2 aromatic heterocycles. The number of aromatic nitrogens is 3. The van der Waals surface area contributed by atoms with E-state index < -0.39 is 5.41 Å². The second-order valence-electron chi connectivity index (χ2n) is 7.95. The van der Waals surface area contributed by atoms with Crippen molar-refractivity contribution in [3.05, 3.63) is 30.4 Å². The summed E-state index contributed by atoms with van der Waals surface area (Å²) in [4.78, 5) is 28.2. The number of piperidine rings is 1. The third-order valence-corrected chi connectivity index (χ3v) is 4.66. The molecule has 146 valence electrons. The summed E-state index contributed by atoms with van der Waals surface area (Å²) >= 11 is 0. The average molecular weight is 373 g/mol. The molecule has 0 unspecified atom stereocenters. The summed E-state index contributed by atoms with van der Waals surface area (Å²) in [7, 11) is 2.05. The zero-order chi connectivity index (χ0) is 19.4. The highest BCUT2D eigenvalue weighted by molar-refractivity contribution is 5.75. The van der Waals surface area contributed by atoms with E-state index in [1.807, 2.05) is 32.9 Å². The van der Waals surface area contributed by atoms with Crippen LogP contribution in [0, 0.1) is 5.41 Å². The van der Waals surface area contributed by atoms with Crippen molar-refractivity contribution in [3.8, 4) is 11.4 Å². The minimum atomic E-state index is -0.488. The van der Waals surface area contributed by atoms with Crippen molar-refractivity contribution in [1.82, 2.24) is 25.1 Å². The molecule has 0 bridgehead atoms. The Kier molecular flexibility index (Phi) is 5.86. The monoisotopic (exact) mass is 373 g/mol. The number of nitrogens with zero attached hydrogens (tertiary/aromatic N) is 5. The van der Waals surface area contributed by atoms with E-state index in [9.17, 15) is 4.79 Å². The molecule has 0 atom stereocenters. The van der Waals surface area contributed by atoms with Gasteiger partial charge in [0.2, 0.25) is 11.7 Å². The van der Waals surface area contributed by atoms with Gasteiger partial charge in [0.1, 0.15) is 0 Å². The van der Waals surface area contributed by atoms with Crippen LogP contribution < -0.4 is 0 Å². The third kappa shape index (κ3) is 5.11. The smallest absolute Gasteiger partial charge is 0.330 e. The van der Waals surface area contributed by atoms with E-state index in [0.29, 0.717) is 24.3 Å². The fourth-order valence-electron chi connectivity index (χ4n) is 2.91. The van der Waals surface area contributed by atoms with Gasteiger partial charge in [-0.2, -0.15) is 4.98 Å². The molecule has 0 saturated carbocycles. The molecule has 8 nitrogen and oxygen atoms in total. The Balaban J connectivity index is 1.49. The van der Waals surface area contributed by atoms with Crippen LogP contribution in [0.25, 0.3) is 11.4 Å². The molecule has 1 fully saturated rings. The minimum Gasteiger partial charge on any atom is -0.367 e. The topological polar surface area (TPSA) is 84.6 Å². The molecule has 27 heavy (non-hydrogen) atoms. The molecule has 1 saturated heterocycles. The van der Waals surface area contributed by atoms with Crippen molar-refractivity contribution >= 4 is 5.97 Å². The SMILES string of the molecule is CN(Cc1nc(-c2ccncc2)no1)C1CCN(OC(=O)C(C)(C)C)CC1. The number of carbonyl (C=O) groups excluding carboxylic acids is 1. The summed E-state index contributed by atoms with van der Waals surface area (Å²) in [5.74, 6) is 0.972. The highest BCUT2D eigenvalue weighted by Crippen LogP contribution is 2.21. The molecule has 0 aromatic carbocycles. The van der Waals surface area contributed by atoms with Gasteiger partial charge >= 0.3 is 5.97 Å². The first-order valence-corrected chi connectivity index (χ1v) is 9.23. The molecular formula is C19H27N5O3. The molecule has 0 aliphatic carbocycles. The van der Waals surface area contributed by atoms with Crippen molar-refractivity contribution in [3.63, 3.8) is 0 Å². The molecule has 0 N–H and O–H groups in total. The van der Waals surface area contributed by atoms with Crippen LogP contribution >= 0.6 is 0 Å². The van der Waals surface area contributed by atoms with Crippen molar-refractivity contribution in [1.29, 1.82) is 0 Å². The van der Waals surface area contributed by atoms with Crippen molar-refractivity contribution < 1.29 is 14.2 Å². The van der Waals surface area contributed by atoms with Gasteiger partial charge in [0.25, 0.3) is 0 Å². The molecule has 0 spiro atoms. The van der Waals surface area contributed by atoms with E-state index >= 15 is 0 Å². The molecule has 1 aliphatic heterocycles. The summed E-state index contributed by atoms with van der Waals surface area (Å²) in [5, 5.41) is 5.82. The molecular weight excluding hydrogens is 346 g/mol. The van der Waals surface area contributed by atoms with Crippen molar-refractivity contribution in [2.75, 3.05) is 20.1 Å². The number of rotatable bonds is 5. The molecule has 3 rings (SSSR count). The summed E-state index contributed by atoms with van der Waals surface area (Å²) in [6.45, 7) is 7.62. The first kappa shape index (κ1) is 19.4. The van der Waals surface area contributed by atoms with Crippen LogP contribution in [0.5, 0.6) is 0 Å². The summed E-state index contributed by atoms with van der Waals surface area (Å²) < 4.78 is 5.39. The van der Waals surface area contributed by atoms with Gasteiger partial charge in [-0.3, -0.25) is 9.88 Å². The minimum absolute atomic E-state index is 0.191. The largest absolute Gasteiger partial charge is 0.367 e. The Hall–Kier alpha value is -2.32. The van der Waals surface area contributed by atoms with E-state index in [0.717, 1.165) is 31.5 Å². The van der Waals surface area contributed by atoms with Gasteiger partial charge in [0.05, 0.1) is 12.0 Å². The Morgan fingerprint density at radius 3 is 2.59 bits per heavy atom. The quantitative estimate of drug-likeness (QED) is 0.790. The van der Waals surface area contributed by atoms with Crippen LogP contribution in [0.4, 0.5) is 0 Å². The lowest BCUT2D eigenvalue weighted by molar-refractivity contribution is -0.206. The highest BCUT2D eigenvalue weighted by atomic mass is 16.7. The Labute approximate surface area is 159 Å². The maximum Gasteiger partial charge on any atom is 0.330 e. The summed E-state index contributed by atoms with van der Waals surface area (Å²) in [5.41, 5.74) is 0.398. The number of pyridine rings is 1. The zero-order valence-electron chi connectivity index (χ0n) is 16.4. The molecule has 3 heterocycles. The number of carbonyl (C=O) groups is 1. The number of hydroxylamine groups is 2. The predicted molar refractivity (Wildman–Crippen MR) is 99.1 cm³/mol. The van der Waals surface area contributed by atoms with Crippen LogP contribution in [0.3, 0.4) is 0 Å². The van der Waals surface area contributed by atoms with E-state index in [4.69, 9.17) is 9.36 Å². The number of hydrogen-bond donors (Lipinski definition) is 0. The van der Waals surface area contributed by atoms with Gasteiger partial charge in [0, 0.05) is 37.1 Å². The van der Waals surface area contributed by atoms with Crippen LogP contribution in [-0.2, 0) is 16.2 Å². The fourth-order valence-corrected chi connectivity index (χ4v) is 2.91. The lowest BCUT2D eigenvalue weighted by atomic mass is 9.98. The van der Waals surface area contributed by atoms with E-state index in [1.54, 1.807) is 17.5 Å². The zero-order valence-corrected chi connectivity index (χ0v) is 16.4. The van der Waals surface area contributed by atoms with Crippen LogP contribution in [-0.4, -0.2) is 57.2 Å². The Morgan fingerprint density at radius 1 is 1.30 bits per heavy atom. The third-order valence-electron chi connectivity index (χ3n) is 4.66. The van der Waals surface area contributed by atoms with E-state index in [2.05, 4.69) is 27.1 Å². The second-order valence-corrected chi connectivity index (χ2v) is 7.95. The van der Waals surface area contributed by atoms with Crippen LogP contribution in [0.2, 0.25) is 0 Å². The fraction of sp³-hybridized carbons (Fsp3) is 0.579. The van der Waals surface area contributed by atoms with Crippen LogP contribution in [0.15, 0.2) is 29.0 Å². The Bertz CT molecular complexity index is 748. The second kappa shape index (κ2) is 8.14. The van der Waals surface area contributed by atoms with Gasteiger partial charge < -0.3 is 9.36 Å². The molecule has 0 amide bonds. The molecule has 1 aliphatic rings. The maximum atomic E-state index is 12.0. The first-order chi connectivity index (χ1) is 12.8. The normalized spacial score (nSPS) is 16.6. The van der Waals surface area contributed by atoms with Crippen molar-refractivity contribution in [2.24, 2.45) is 5.41 Å². The maximum absolute atomic E-state index is 12.0. The Morgan fingerprint density at radius 2 is 1.96 bits per heavy atom. The van der Waals surface area contributed by atoms with Gasteiger partial charge in [-0.05, 0) is 52.8 Å². The van der Waals surface area contributed by atoms with Crippen molar-refractivity contribution in [2.45, 2.75) is 46.2 Å². The average Bonchev–Trinajstić information content (AvgIpc) is 3.10. The molecule has 2 aromatic rings. The van der Waals surface area contributed by atoms with E-state index in [1.165, 1.54) is 0 Å². The number of hydrogen-bond acceptors (Lipinski definition) is 8. The first-order valence-electron chi connectivity index (χ1n) is 9.23. The lowest BCUT2D eigenvalue weighted by Crippen LogP contribution is -2.44. The predicted octanol–water partition coefficient (Wildman–Crippen LogP) is 2.53. The highest BCUT2D eigenvalue weighted by Gasteiger charge is 2.29. The molecule has 8 heteroatoms. The van der Waals surface area contributed by atoms with Gasteiger partial charge in [-0.1, -0.05) is 5.16 Å². The van der Waals surface area contributed by atoms with Crippen LogP contribution in [0.1, 0.15) is 39.5 Å². The van der Waals surface area contributed by atoms with Gasteiger partial charge in [-0.25, -0.2) is 4.79 Å². The summed E-state index contributed by atoms with van der Waals surface area (Å²) in [6, 6.07) is 4.09. The van der Waals surface area contributed by atoms with E-state index in [-0.39, 0.29) is 5.97 Å². The van der Waals surface area contributed by atoms with Gasteiger partial charge in [0.15, 0.2) is 0 Å². The lowest BCUT2D eigenvalue weighted by Gasteiger charge is -2.35. The molecule has 0 radical (unpaired) electrons. The standard InChI is InChI=1S/C19H27N5O3/c1-19(2,3)18(25)27-24-11-7-15(8-12-24)23(4)13-16-21-17(22-26-16)14-5-9-20-10-6-14/h5-6,9-10,15H,7-8,11-13H2,1-4H3. The summed E-state index contributed by atoms with van der Waals surface area (Å²) in [6.07, 6.45) is 5.24. The van der Waals surface area contributed by atoms with Gasteiger partial charge in [-0.15, -0.1) is 5.06 Å².